The summed E-state index contributed by atoms with van der Waals surface area (Å²) >= 11 is 5.84. The van der Waals surface area contributed by atoms with E-state index in [1.165, 1.54) is 31.6 Å². The molecule has 0 saturated carbocycles. The molecule has 2 aromatic carbocycles. The molecule has 2 N–H and O–H groups in total. The van der Waals surface area contributed by atoms with Gasteiger partial charge in [0.1, 0.15) is 7.11 Å². The molecule has 1 amide bonds. The molecule has 3 aromatic rings. The monoisotopic (exact) mass is 398 g/mol. The molecular weight excluding hydrogens is 384 g/mol. The smallest absolute Gasteiger partial charge is 0.337 e. The van der Waals surface area contributed by atoms with E-state index >= 15 is 0 Å². The van der Waals surface area contributed by atoms with Crippen LogP contribution in [0.5, 0.6) is 0 Å². The average molecular weight is 399 g/mol. The van der Waals surface area contributed by atoms with Crippen molar-refractivity contribution in [3.05, 3.63) is 88.3 Å². The van der Waals surface area contributed by atoms with E-state index in [-0.39, 0.29) is 16.3 Å². The number of nitrogens with one attached hydrogen (secondary N) is 1. The van der Waals surface area contributed by atoms with Crippen LogP contribution in [-0.4, -0.2) is 29.8 Å². The molecule has 142 valence electrons. The van der Waals surface area contributed by atoms with Crippen LogP contribution < -0.4 is 5.32 Å². The van der Waals surface area contributed by atoms with Crippen molar-refractivity contribution in [2.45, 2.75) is 0 Å². The van der Waals surface area contributed by atoms with E-state index < -0.39 is 11.9 Å². The van der Waals surface area contributed by atoms with Gasteiger partial charge in [-0.2, -0.15) is 0 Å². The van der Waals surface area contributed by atoms with Gasteiger partial charge in [-0.05, 0) is 42.5 Å². The van der Waals surface area contributed by atoms with Crippen LogP contribution in [0.15, 0.2) is 70.4 Å². The molecule has 0 aliphatic heterocycles. The van der Waals surface area contributed by atoms with Gasteiger partial charge >= 0.3 is 5.97 Å². The van der Waals surface area contributed by atoms with Gasteiger partial charge in [0, 0.05) is 16.1 Å². The van der Waals surface area contributed by atoms with E-state index in [0.717, 1.165) is 0 Å². The summed E-state index contributed by atoms with van der Waals surface area (Å²) in [5.41, 5.74) is 1.36. The Bertz CT molecular complexity index is 1040. The van der Waals surface area contributed by atoms with Gasteiger partial charge in [0.2, 0.25) is 0 Å². The van der Waals surface area contributed by atoms with Crippen molar-refractivity contribution in [2.75, 3.05) is 12.4 Å². The maximum absolute atomic E-state index is 12.7. The van der Waals surface area contributed by atoms with Gasteiger partial charge in [0.15, 0.2) is 11.5 Å². The molecule has 0 spiro atoms. The third kappa shape index (κ3) is 4.21. The number of nitrogens with zero attached hydrogens (tertiary/aromatic N) is 1. The second kappa shape index (κ2) is 8.41. The Kier molecular flexibility index (Phi) is 5.76. The highest BCUT2D eigenvalue weighted by molar-refractivity contribution is 6.31. The first-order valence-electron chi connectivity index (χ1n) is 8.09. The first-order chi connectivity index (χ1) is 13.5. The predicted octanol–water partition coefficient (Wildman–Crippen LogP) is 4.28. The molecule has 28 heavy (non-hydrogen) atoms. The summed E-state index contributed by atoms with van der Waals surface area (Å²) in [4.78, 5) is 28.9. The maximum atomic E-state index is 12.7. The molecule has 1 heterocycles. The Morgan fingerprint density at radius 1 is 1.11 bits per heavy atom. The largest absolute Gasteiger partial charge is 0.478 e. The highest BCUT2D eigenvalue weighted by Gasteiger charge is 2.17. The molecule has 0 radical (unpaired) electrons. The molecular formula is C20H15ClN2O5. The van der Waals surface area contributed by atoms with Gasteiger partial charge in [-0.15, -0.1) is 0 Å². The number of aromatic carboxylic acids is 1. The van der Waals surface area contributed by atoms with E-state index in [2.05, 4.69) is 10.5 Å². The van der Waals surface area contributed by atoms with Crippen molar-refractivity contribution in [1.82, 2.24) is 0 Å². The Hall–Kier alpha value is -3.58. The Morgan fingerprint density at radius 2 is 1.89 bits per heavy atom. The topological polar surface area (TPSA) is 101 Å². The van der Waals surface area contributed by atoms with Gasteiger partial charge < -0.3 is 19.7 Å². The van der Waals surface area contributed by atoms with Gasteiger partial charge in [-0.25, -0.2) is 4.79 Å². The number of oxime groups is 1. The van der Waals surface area contributed by atoms with E-state index in [1.807, 2.05) is 0 Å². The SMILES string of the molecule is CON=C(c1cccc(C(=O)Nc2ccc(Cl)cc2C(=O)O)c1)c1ccco1. The van der Waals surface area contributed by atoms with Crippen LogP contribution in [0.4, 0.5) is 5.69 Å². The molecule has 3 rings (SSSR count). The third-order valence-electron chi connectivity index (χ3n) is 3.80. The highest BCUT2D eigenvalue weighted by atomic mass is 35.5. The predicted molar refractivity (Wildman–Crippen MR) is 104 cm³/mol. The molecule has 0 fully saturated rings. The van der Waals surface area contributed by atoms with E-state index in [9.17, 15) is 14.7 Å². The van der Waals surface area contributed by atoms with Crippen LogP contribution in [-0.2, 0) is 4.84 Å². The second-order valence-electron chi connectivity index (χ2n) is 5.63. The number of hydrogen-bond acceptors (Lipinski definition) is 5. The van der Waals surface area contributed by atoms with Gasteiger partial charge in [0.05, 0.1) is 17.5 Å². The Morgan fingerprint density at radius 3 is 2.57 bits per heavy atom. The number of carboxylic acid groups (broad SMARTS) is 1. The van der Waals surface area contributed by atoms with Crippen LogP contribution in [0, 0.1) is 0 Å². The molecule has 0 saturated heterocycles. The first kappa shape index (κ1) is 19.2. The zero-order chi connectivity index (χ0) is 20.1. The molecule has 0 aliphatic rings. The maximum Gasteiger partial charge on any atom is 0.337 e. The Labute approximate surface area is 165 Å². The molecule has 0 aliphatic carbocycles. The summed E-state index contributed by atoms with van der Waals surface area (Å²) in [5.74, 6) is -1.20. The van der Waals surface area contributed by atoms with E-state index in [4.69, 9.17) is 20.9 Å². The molecule has 0 unspecified atom stereocenters. The first-order valence-corrected chi connectivity index (χ1v) is 8.47. The van der Waals surface area contributed by atoms with E-state index in [0.29, 0.717) is 22.6 Å². The quantitative estimate of drug-likeness (QED) is 0.476. The number of furan rings is 1. The van der Waals surface area contributed by atoms with Crippen LogP contribution in [0.25, 0.3) is 0 Å². The van der Waals surface area contributed by atoms with Crippen molar-refractivity contribution in [1.29, 1.82) is 0 Å². The minimum Gasteiger partial charge on any atom is -0.478 e. The average Bonchev–Trinajstić information content (AvgIpc) is 3.21. The number of rotatable bonds is 6. The summed E-state index contributed by atoms with van der Waals surface area (Å²) in [7, 11) is 1.41. The van der Waals surface area contributed by atoms with Crippen LogP contribution in [0.1, 0.15) is 32.0 Å². The number of benzene rings is 2. The van der Waals surface area contributed by atoms with Gasteiger partial charge in [-0.1, -0.05) is 28.9 Å². The molecule has 1 aromatic heterocycles. The van der Waals surface area contributed by atoms with Gasteiger partial charge in [0.25, 0.3) is 5.91 Å². The summed E-state index contributed by atoms with van der Waals surface area (Å²) in [6.45, 7) is 0. The lowest BCUT2D eigenvalue weighted by molar-refractivity contribution is 0.0698. The number of amides is 1. The number of halogens is 1. The normalized spacial score (nSPS) is 11.1. The van der Waals surface area contributed by atoms with Crippen LogP contribution in [0.3, 0.4) is 0 Å². The molecule has 8 heteroatoms. The Balaban J connectivity index is 1.91. The van der Waals surface area contributed by atoms with Crippen LogP contribution in [0.2, 0.25) is 5.02 Å². The van der Waals surface area contributed by atoms with Crippen molar-refractivity contribution in [3.63, 3.8) is 0 Å². The zero-order valence-electron chi connectivity index (χ0n) is 14.7. The minimum absolute atomic E-state index is 0.103. The molecule has 7 nitrogen and oxygen atoms in total. The van der Waals surface area contributed by atoms with Gasteiger partial charge in [-0.3, -0.25) is 4.79 Å². The van der Waals surface area contributed by atoms with Crippen LogP contribution >= 0.6 is 11.6 Å². The number of anilines is 1. The molecule has 0 bridgehead atoms. The number of carbonyl (C=O) groups is 2. The number of carbonyl (C=O) groups excluding carboxylic acids is 1. The summed E-state index contributed by atoms with van der Waals surface area (Å²) in [6.07, 6.45) is 1.50. The summed E-state index contributed by atoms with van der Waals surface area (Å²) < 4.78 is 5.36. The summed E-state index contributed by atoms with van der Waals surface area (Å²) in [6, 6.07) is 14.3. The lowest BCUT2D eigenvalue weighted by Crippen LogP contribution is -2.15. The summed E-state index contributed by atoms with van der Waals surface area (Å²) in [5, 5.41) is 16.1. The van der Waals surface area contributed by atoms with Crippen molar-refractivity contribution in [3.8, 4) is 0 Å². The lowest BCUT2D eigenvalue weighted by atomic mass is 10.0. The fourth-order valence-electron chi connectivity index (χ4n) is 2.55. The fourth-order valence-corrected chi connectivity index (χ4v) is 2.72. The highest BCUT2D eigenvalue weighted by Crippen LogP contribution is 2.22. The van der Waals surface area contributed by atoms with E-state index in [1.54, 1.807) is 36.4 Å². The standard InChI is InChI=1S/C20H15ClN2O5/c1-27-23-18(17-6-3-9-28-17)12-4-2-5-13(10-12)19(24)22-16-8-7-14(21)11-15(16)20(25)26/h2-11H,1H3,(H,22,24)(H,25,26). The third-order valence-corrected chi connectivity index (χ3v) is 4.03. The minimum atomic E-state index is -1.20. The second-order valence-corrected chi connectivity index (χ2v) is 6.07. The van der Waals surface area contributed by atoms with Crippen molar-refractivity contribution >= 4 is 34.9 Å². The van der Waals surface area contributed by atoms with Crippen molar-refractivity contribution < 1.29 is 24.0 Å². The number of hydrogen-bond donors (Lipinski definition) is 2. The van der Waals surface area contributed by atoms with Crippen molar-refractivity contribution in [2.24, 2.45) is 5.16 Å². The fraction of sp³-hybridized carbons (Fsp3) is 0.0500. The zero-order valence-corrected chi connectivity index (χ0v) is 15.4. The number of carboxylic acids is 1. The lowest BCUT2D eigenvalue weighted by Gasteiger charge is -2.10. The molecule has 0 atom stereocenters.